The summed E-state index contributed by atoms with van der Waals surface area (Å²) in [5.41, 5.74) is 1.48. The van der Waals surface area contributed by atoms with E-state index in [1.54, 1.807) is 6.92 Å². The van der Waals surface area contributed by atoms with Crippen LogP contribution in [0.25, 0.3) is 0 Å². The molecule has 4 heteroatoms. The molecule has 0 bridgehead atoms. The van der Waals surface area contributed by atoms with E-state index < -0.39 is 6.10 Å². The van der Waals surface area contributed by atoms with Crippen LogP contribution >= 0.6 is 11.6 Å². The fraction of sp³-hybridized carbons (Fsp3) is 0.231. The van der Waals surface area contributed by atoms with Crippen LogP contribution in [0, 0.1) is 5.82 Å². The summed E-state index contributed by atoms with van der Waals surface area (Å²) in [6.45, 7) is 2.14. The van der Waals surface area contributed by atoms with E-state index in [0.717, 1.165) is 5.69 Å². The molecule has 0 saturated carbocycles. The van der Waals surface area contributed by atoms with E-state index in [1.165, 1.54) is 18.2 Å². The van der Waals surface area contributed by atoms with Gasteiger partial charge >= 0.3 is 0 Å². The largest absolute Gasteiger partial charge is 0.387 e. The topological polar surface area (TPSA) is 25.2 Å². The van der Waals surface area contributed by atoms with Crippen molar-refractivity contribution in [1.29, 1.82) is 0 Å². The molecule has 0 spiro atoms. The standard InChI is InChI=1S/C13H13ClFNO/c1-9(17)13-3-2-6-16(13)8-10-7-11(15)4-5-12(10)14/h2-7,9,17H,8H2,1H3. The van der Waals surface area contributed by atoms with Gasteiger partial charge in [0.25, 0.3) is 0 Å². The highest BCUT2D eigenvalue weighted by molar-refractivity contribution is 6.31. The number of hydrogen-bond acceptors (Lipinski definition) is 1. The van der Waals surface area contributed by atoms with Crippen LogP contribution in [0.4, 0.5) is 4.39 Å². The van der Waals surface area contributed by atoms with Gasteiger partial charge in [0.1, 0.15) is 5.82 Å². The van der Waals surface area contributed by atoms with Gasteiger partial charge in [0.15, 0.2) is 0 Å². The van der Waals surface area contributed by atoms with E-state index in [2.05, 4.69) is 0 Å². The average Bonchev–Trinajstić information content (AvgIpc) is 2.71. The smallest absolute Gasteiger partial charge is 0.123 e. The Kier molecular flexibility index (Phi) is 3.50. The first-order valence-electron chi connectivity index (χ1n) is 5.35. The van der Waals surface area contributed by atoms with E-state index in [4.69, 9.17) is 11.6 Å². The molecule has 2 nitrogen and oxygen atoms in total. The highest BCUT2D eigenvalue weighted by Crippen LogP contribution is 2.21. The summed E-state index contributed by atoms with van der Waals surface area (Å²) >= 11 is 6.00. The lowest BCUT2D eigenvalue weighted by Crippen LogP contribution is -2.06. The molecule has 1 aromatic carbocycles. The first-order chi connectivity index (χ1) is 8.08. The van der Waals surface area contributed by atoms with Crippen molar-refractivity contribution in [2.75, 3.05) is 0 Å². The minimum absolute atomic E-state index is 0.310. The summed E-state index contributed by atoms with van der Waals surface area (Å²) < 4.78 is 15.0. The van der Waals surface area contributed by atoms with Gasteiger partial charge in [-0.15, -0.1) is 0 Å². The van der Waals surface area contributed by atoms with Crippen molar-refractivity contribution < 1.29 is 9.50 Å². The Morgan fingerprint density at radius 2 is 2.18 bits per heavy atom. The van der Waals surface area contributed by atoms with Crippen LogP contribution in [-0.2, 0) is 6.54 Å². The van der Waals surface area contributed by atoms with E-state index >= 15 is 0 Å². The number of rotatable bonds is 3. The van der Waals surface area contributed by atoms with Crippen LogP contribution in [-0.4, -0.2) is 9.67 Å². The summed E-state index contributed by atoms with van der Waals surface area (Å²) in [6.07, 6.45) is 1.28. The van der Waals surface area contributed by atoms with Gasteiger partial charge in [-0.05, 0) is 42.8 Å². The summed E-state index contributed by atoms with van der Waals surface area (Å²) in [5, 5.41) is 10.1. The molecule has 90 valence electrons. The monoisotopic (exact) mass is 253 g/mol. The van der Waals surface area contributed by atoms with Gasteiger partial charge in [-0.2, -0.15) is 0 Å². The molecule has 0 saturated heterocycles. The molecule has 1 N–H and O–H groups in total. The van der Waals surface area contributed by atoms with Crippen molar-refractivity contribution in [1.82, 2.24) is 4.57 Å². The van der Waals surface area contributed by atoms with Crippen LogP contribution in [0.1, 0.15) is 24.3 Å². The average molecular weight is 254 g/mol. The highest BCUT2D eigenvalue weighted by Gasteiger charge is 2.09. The molecule has 17 heavy (non-hydrogen) atoms. The number of aromatic nitrogens is 1. The molecular weight excluding hydrogens is 241 g/mol. The highest BCUT2D eigenvalue weighted by atomic mass is 35.5. The van der Waals surface area contributed by atoms with Gasteiger partial charge in [0, 0.05) is 23.5 Å². The molecule has 1 atom stereocenters. The predicted molar refractivity (Wildman–Crippen MR) is 65.6 cm³/mol. The second-order valence-corrected chi connectivity index (χ2v) is 4.38. The van der Waals surface area contributed by atoms with Crippen LogP contribution in [0.2, 0.25) is 5.02 Å². The van der Waals surface area contributed by atoms with E-state index in [-0.39, 0.29) is 5.82 Å². The van der Waals surface area contributed by atoms with Gasteiger partial charge in [-0.3, -0.25) is 0 Å². The third-order valence-electron chi connectivity index (χ3n) is 2.64. The molecule has 1 aromatic heterocycles. The number of hydrogen-bond donors (Lipinski definition) is 1. The summed E-state index contributed by atoms with van der Waals surface area (Å²) in [6, 6.07) is 7.95. The summed E-state index contributed by atoms with van der Waals surface area (Å²) in [4.78, 5) is 0. The molecule has 2 aromatic rings. The molecule has 1 heterocycles. The zero-order valence-electron chi connectivity index (χ0n) is 9.40. The Morgan fingerprint density at radius 1 is 1.41 bits per heavy atom. The molecule has 0 fully saturated rings. The predicted octanol–water partition coefficient (Wildman–Crippen LogP) is 3.38. The van der Waals surface area contributed by atoms with Gasteiger partial charge in [0.05, 0.1) is 6.10 Å². The van der Waals surface area contributed by atoms with Gasteiger partial charge < -0.3 is 9.67 Å². The maximum Gasteiger partial charge on any atom is 0.123 e. The summed E-state index contributed by atoms with van der Waals surface area (Å²) in [5.74, 6) is -0.310. The molecule has 1 unspecified atom stereocenters. The Balaban J connectivity index is 2.31. The maximum atomic E-state index is 13.1. The van der Waals surface area contributed by atoms with Gasteiger partial charge in [-0.1, -0.05) is 11.6 Å². The first kappa shape index (κ1) is 12.1. The Labute approximate surface area is 104 Å². The van der Waals surface area contributed by atoms with Crippen molar-refractivity contribution in [2.24, 2.45) is 0 Å². The Bertz CT molecular complexity index is 522. The van der Waals surface area contributed by atoms with Crippen LogP contribution in [0.5, 0.6) is 0 Å². The van der Waals surface area contributed by atoms with E-state index in [1.807, 2.05) is 22.9 Å². The first-order valence-corrected chi connectivity index (χ1v) is 5.73. The van der Waals surface area contributed by atoms with Gasteiger partial charge in [-0.25, -0.2) is 4.39 Å². The lowest BCUT2D eigenvalue weighted by atomic mass is 10.2. The maximum absolute atomic E-state index is 13.1. The fourth-order valence-corrected chi connectivity index (χ4v) is 1.98. The lowest BCUT2D eigenvalue weighted by Gasteiger charge is -2.12. The minimum Gasteiger partial charge on any atom is -0.387 e. The summed E-state index contributed by atoms with van der Waals surface area (Å²) in [7, 11) is 0. The van der Waals surface area contributed by atoms with Crippen LogP contribution in [0.3, 0.4) is 0 Å². The van der Waals surface area contributed by atoms with Crippen LogP contribution < -0.4 is 0 Å². The van der Waals surface area contributed by atoms with Crippen molar-refractivity contribution in [3.8, 4) is 0 Å². The number of aliphatic hydroxyl groups excluding tert-OH is 1. The normalized spacial score (nSPS) is 12.7. The molecule has 0 aliphatic heterocycles. The number of aliphatic hydroxyl groups is 1. The van der Waals surface area contributed by atoms with Crippen molar-refractivity contribution in [2.45, 2.75) is 19.6 Å². The zero-order valence-corrected chi connectivity index (χ0v) is 10.2. The number of nitrogens with zero attached hydrogens (tertiary/aromatic N) is 1. The van der Waals surface area contributed by atoms with Crippen molar-refractivity contribution in [3.05, 3.63) is 58.6 Å². The number of benzene rings is 1. The lowest BCUT2D eigenvalue weighted by molar-refractivity contribution is 0.190. The second-order valence-electron chi connectivity index (χ2n) is 3.97. The third-order valence-corrected chi connectivity index (χ3v) is 3.01. The number of halogens is 2. The molecule has 0 radical (unpaired) electrons. The third kappa shape index (κ3) is 2.68. The minimum atomic E-state index is -0.558. The second kappa shape index (κ2) is 4.90. The van der Waals surface area contributed by atoms with Crippen molar-refractivity contribution in [3.63, 3.8) is 0 Å². The molecular formula is C13H13ClFNO. The molecule has 0 aliphatic rings. The van der Waals surface area contributed by atoms with E-state index in [0.29, 0.717) is 17.1 Å². The van der Waals surface area contributed by atoms with E-state index in [9.17, 15) is 9.50 Å². The molecule has 0 amide bonds. The van der Waals surface area contributed by atoms with Gasteiger partial charge in [0.2, 0.25) is 0 Å². The fourth-order valence-electron chi connectivity index (χ4n) is 1.80. The zero-order chi connectivity index (χ0) is 12.4. The molecule has 0 aliphatic carbocycles. The van der Waals surface area contributed by atoms with Crippen LogP contribution in [0.15, 0.2) is 36.5 Å². The SMILES string of the molecule is CC(O)c1cccn1Cc1cc(F)ccc1Cl. The Hall–Kier alpha value is -1.32. The molecule has 2 rings (SSSR count). The quantitative estimate of drug-likeness (QED) is 0.891. The Morgan fingerprint density at radius 3 is 2.88 bits per heavy atom. The van der Waals surface area contributed by atoms with Crippen molar-refractivity contribution >= 4 is 11.6 Å².